The van der Waals surface area contributed by atoms with Crippen LogP contribution in [0.15, 0.2) is 42.5 Å². The van der Waals surface area contributed by atoms with Gasteiger partial charge in [-0.05, 0) is 31.4 Å². The second-order valence-electron chi connectivity index (χ2n) is 7.24. The molecule has 0 aliphatic heterocycles. The van der Waals surface area contributed by atoms with Gasteiger partial charge < -0.3 is 4.90 Å². The smallest absolute Gasteiger partial charge is 0.272 e. The van der Waals surface area contributed by atoms with Crippen molar-refractivity contribution >= 4 is 5.91 Å². The van der Waals surface area contributed by atoms with Crippen LogP contribution in [0, 0.1) is 5.92 Å². The lowest BCUT2D eigenvalue weighted by Crippen LogP contribution is -2.28. The number of H-pyrrole nitrogens is 1. The third-order valence-electron chi connectivity index (χ3n) is 4.42. The summed E-state index contributed by atoms with van der Waals surface area (Å²) in [7, 11) is 1.81. The molecule has 6 nitrogen and oxygen atoms in total. The molecule has 0 aliphatic carbocycles. The maximum Gasteiger partial charge on any atom is 0.272 e. The molecule has 0 saturated carbocycles. The molecular weight excluding hydrogens is 338 g/mol. The van der Waals surface area contributed by atoms with Crippen LogP contribution < -0.4 is 0 Å². The Morgan fingerprint density at radius 2 is 1.96 bits per heavy atom. The summed E-state index contributed by atoms with van der Waals surface area (Å²) in [5, 5.41) is 12.0. The highest BCUT2D eigenvalue weighted by molar-refractivity contribution is 5.92. The monoisotopic (exact) mass is 365 g/mol. The standard InChI is InChI=1S/C21H27N5O/c1-5-26-20(13-17(24-26)11-15(2)3)21(27)25(4)14-18-12-19(23-22-18)16-9-7-6-8-10-16/h6-10,12-13,15H,5,11,14H2,1-4H3,(H,22,23). The number of carbonyl (C=O) groups is 1. The van der Waals surface area contributed by atoms with Gasteiger partial charge in [-0.3, -0.25) is 14.6 Å². The van der Waals surface area contributed by atoms with Crippen LogP contribution in [0.4, 0.5) is 0 Å². The molecule has 2 heterocycles. The first-order valence-corrected chi connectivity index (χ1v) is 9.39. The van der Waals surface area contributed by atoms with Gasteiger partial charge in [0.05, 0.1) is 23.6 Å². The fourth-order valence-corrected chi connectivity index (χ4v) is 3.12. The summed E-state index contributed by atoms with van der Waals surface area (Å²) in [5.41, 5.74) is 4.44. The van der Waals surface area contributed by atoms with E-state index < -0.39 is 0 Å². The first kappa shape index (κ1) is 18.9. The largest absolute Gasteiger partial charge is 0.335 e. The Balaban J connectivity index is 1.73. The van der Waals surface area contributed by atoms with Crippen molar-refractivity contribution in [3.8, 4) is 11.3 Å². The van der Waals surface area contributed by atoms with Crippen LogP contribution >= 0.6 is 0 Å². The van der Waals surface area contributed by atoms with Crippen molar-refractivity contribution in [3.63, 3.8) is 0 Å². The van der Waals surface area contributed by atoms with Crippen LogP contribution in [0.5, 0.6) is 0 Å². The van der Waals surface area contributed by atoms with E-state index in [0.29, 0.717) is 24.7 Å². The quantitative estimate of drug-likeness (QED) is 0.693. The molecule has 1 aromatic carbocycles. The average Bonchev–Trinajstić information content (AvgIpc) is 3.28. The van der Waals surface area contributed by atoms with Gasteiger partial charge in [-0.25, -0.2) is 0 Å². The van der Waals surface area contributed by atoms with Gasteiger partial charge in [0, 0.05) is 19.2 Å². The number of hydrogen-bond donors (Lipinski definition) is 1. The number of aromatic nitrogens is 4. The lowest BCUT2D eigenvalue weighted by atomic mass is 10.1. The average molecular weight is 365 g/mol. The van der Waals surface area contributed by atoms with Gasteiger partial charge in [0.1, 0.15) is 5.69 Å². The molecule has 1 amide bonds. The molecule has 27 heavy (non-hydrogen) atoms. The van der Waals surface area contributed by atoms with Crippen molar-refractivity contribution in [3.05, 3.63) is 59.5 Å². The SMILES string of the molecule is CCn1nc(CC(C)C)cc1C(=O)N(C)Cc1cc(-c2ccccc2)n[nH]1. The van der Waals surface area contributed by atoms with Crippen LogP contribution in [0.3, 0.4) is 0 Å². The first-order chi connectivity index (χ1) is 13.0. The summed E-state index contributed by atoms with van der Waals surface area (Å²) >= 11 is 0. The van der Waals surface area contributed by atoms with E-state index in [2.05, 4.69) is 29.1 Å². The van der Waals surface area contributed by atoms with Crippen molar-refractivity contribution in [1.82, 2.24) is 24.9 Å². The van der Waals surface area contributed by atoms with Gasteiger partial charge in [-0.1, -0.05) is 44.2 Å². The number of aromatic amines is 1. The van der Waals surface area contributed by atoms with E-state index in [9.17, 15) is 4.79 Å². The molecule has 3 aromatic rings. The molecule has 0 fully saturated rings. The number of carbonyl (C=O) groups excluding carboxylic acids is 1. The van der Waals surface area contributed by atoms with Crippen molar-refractivity contribution < 1.29 is 4.79 Å². The maximum atomic E-state index is 12.9. The highest BCUT2D eigenvalue weighted by atomic mass is 16.2. The van der Waals surface area contributed by atoms with E-state index in [1.165, 1.54) is 0 Å². The zero-order valence-electron chi connectivity index (χ0n) is 16.4. The summed E-state index contributed by atoms with van der Waals surface area (Å²) in [5.74, 6) is 0.475. The molecule has 142 valence electrons. The first-order valence-electron chi connectivity index (χ1n) is 9.39. The minimum Gasteiger partial charge on any atom is -0.335 e. The van der Waals surface area contributed by atoms with E-state index in [-0.39, 0.29) is 5.91 Å². The minimum absolute atomic E-state index is 0.0322. The van der Waals surface area contributed by atoms with Gasteiger partial charge >= 0.3 is 0 Å². The molecule has 0 aliphatic rings. The number of aryl methyl sites for hydroxylation is 1. The van der Waals surface area contributed by atoms with Crippen LogP contribution in [0.2, 0.25) is 0 Å². The number of nitrogens with one attached hydrogen (secondary N) is 1. The second kappa shape index (κ2) is 8.20. The Morgan fingerprint density at radius 3 is 2.63 bits per heavy atom. The fourth-order valence-electron chi connectivity index (χ4n) is 3.12. The van der Waals surface area contributed by atoms with E-state index in [1.54, 1.807) is 16.6 Å². The Bertz CT molecular complexity index is 894. The summed E-state index contributed by atoms with van der Waals surface area (Å²) in [6.45, 7) is 7.45. The van der Waals surface area contributed by atoms with Crippen LogP contribution in [-0.4, -0.2) is 37.8 Å². The van der Waals surface area contributed by atoms with Gasteiger partial charge in [-0.2, -0.15) is 10.2 Å². The van der Waals surface area contributed by atoms with Gasteiger partial charge in [0.15, 0.2) is 0 Å². The van der Waals surface area contributed by atoms with Gasteiger partial charge in [0.25, 0.3) is 5.91 Å². The summed E-state index contributed by atoms with van der Waals surface area (Å²) < 4.78 is 1.79. The molecule has 0 atom stereocenters. The number of benzene rings is 1. The van der Waals surface area contributed by atoms with E-state index in [0.717, 1.165) is 29.1 Å². The number of rotatable bonds is 7. The molecule has 6 heteroatoms. The van der Waals surface area contributed by atoms with Crippen molar-refractivity contribution in [2.75, 3.05) is 7.05 Å². The predicted octanol–water partition coefficient (Wildman–Crippen LogP) is 3.76. The Kier molecular flexibility index (Phi) is 5.74. The van der Waals surface area contributed by atoms with Crippen molar-refractivity contribution in [2.24, 2.45) is 5.92 Å². The molecule has 1 N–H and O–H groups in total. The van der Waals surface area contributed by atoms with Gasteiger partial charge in [0.2, 0.25) is 0 Å². The number of amides is 1. The lowest BCUT2D eigenvalue weighted by molar-refractivity contribution is 0.0771. The topological polar surface area (TPSA) is 66.8 Å². The van der Waals surface area contributed by atoms with Crippen LogP contribution in [0.1, 0.15) is 42.6 Å². The Labute approximate surface area is 160 Å². The predicted molar refractivity (Wildman–Crippen MR) is 106 cm³/mol. The second-order valence-corrected chi connectivity index (χ2v) is 7.24. The summed E-state index contributed by atoms with van der Waals surface area (Å²) in [6.07, 6.45) is 0.873. The van der Waals surface area contributed by atoms with E-state index in [1.807, 2.05) is 49.4 Å². The highest BCUT2D eigenvalue weighted by Crippen LogP contribution is 2.18. The molecule has 0 spiro atoms. The normalized spacial score (nSPS) is 11.1. The van der Waals surface area contributed by atoms with E-state index in [4.69, 9.17) is 0 Å². The van der Waals surface area contributed by atoms with Crippen LogP contribution in [-0.2, 0) is 19.5 Å². The maximum absolute atomic E-state index is 12.9. The zero-order valence-corrected chi connectivity index (χ0v) is 16.4. The molecule has 0 saturated heterocycles. The highest BCUT2D eigenvalue weighted by Gasteiger charge is 2.19. The number of hydrogen-bond acceptors (Lipinski definition) is 3. The van der Waals surface area contributed by atoms with Crippen LogP contribution in [0.25, 0.3) is 11.3 Å². The molecule has 0 bridgehead atoms. The third-order valence-corrected chi connectivity index (χ3v) is 4.42. The Morgan fingerprint density at radius 1 is 1.22 bits per heavy atom. The van der Waals surface area contributed by atoms with Crippen molar-refractivity contribution in [2.45, 2.75) is 40.3 Å². The van der Waals surface area contributed by atoms with Gasteiger partial charge in [-0.15, -0.1) is 0 Å². The molecule has 0 unspecified atom stereocenters. The summed E-state index contributed by atoms with van der Waals surface area (Å²) in [6, 6.07) is 13.9. The minimum atomic E-state index is -0.0322. The zero-order chi connectivity index (χ0) is 19.4. The van der Waals surface area contributed by atoms with Crippen molar-refractivity contribution in [1.29, 1.82) is 0 Å². The molecule has 3 rings (SSSR count). The molecule has 0 radical (unpaired) electrons. The summed E-state index contributed by atoms with van der Waals surface area (Å²) in [4.78, 5) is 14.6. The fraction of sp³-hybridized carbons (Fsp3) is 0.381. The third kappa shape index (κ3) is 4.45. The Hall–Kier alpha value is -2.89. The van der Waals surface area contributed by atoms with E-state index >= 15 is 0 Å². The number of nitrogens with zero attached hydrogens (tertiary/aromatic N) is 4. The lowest BCUT2D eigenvalue weighted by Gasteiger charge is -2.16. The molecule has 2 aromatic heterocycles. The molecular formula is C21H27N5O.